The number of rotatable bonds is 4. The molecule has 0 unspecified atom stereocenters. The van der Waals surface area contributed by atoms with Crippen molar-refractivity contribution in [2.75, 3.05) is 7.11 Å². The molecule has 0 N–H and O–H groups in total. The largest absolute Gasteiger partial charge is 0.468 e. The molecule has 1 aromatic carbocycles. The highest BCUT2D eigenvalue weighted by molar-refractivity contribution is 5.82. The number of methoxy groups -OCH3 is 1. The maximum atomic E-state index is 11.6. The van der Waals surface area contributed by atoms with Gasteiger partial charge in [-0.15, -0.1) is 0 Å². The number of aryl methyl sites for hydroxylation is 1. The molecule has 0 radical (unpaired) electrons. The van der Waals surface area contributed by atoms with Gasteiger partial charge in [0, 0.05) is 0 Å². The van der Waals surface area contributed by atoms with Gasteiger partial charge in [-0.3, -0.25) is 4.79 Å². The monoisotopic (exact) mass is 220 g/mol. The van der Waals surface area contributed by atoms with Crippen molar-refractivity contribution in [2.24, 2.45) is 0 Å². The topological polar surface area (TPSA) is 26.3 Å². The molecule has 0 heterocycles. The SMILES string of the molecule is CCCc1ccc(C(C)(C)C(=O)OC)cc1. The molecule has 1 aromatic rings. The number of esters is 1. The maximum absolute atomic E-state index is 11.6. The molecule has 0 atom stereocenters. The zero-order valence-electron chi connectivity index (χ0n) is 10.5. The van der Waals surface area contributed by atoms with Crippen LogP contribution in [-0.2, 0) is 21.4 Å². The molecular formula is C14H20O2. The summed E-state index contributed by atoms with van der Waals surface area (Å²) in [6.07, 6.45) is 2.22. The van der Waals surface area contributed by atoms with E-state index in [0.717, 1.165) is 18.4 Å². The van der Waals surface area contributed by atoms with Crippen molar-refractivity contribution in [3.05, 3.63) is 35.4 Å². The third-order valence-electron chi connectivity index (χ3n) is 2.91. The second kappa shape index (κ2) is 5.15. The van der Waals surface area contributed by atoms with E-state index in [1.165, 1.54) is 12.7 Å². The van der Waals surface area contributed by atoms with Crippen LogP contribution < -0.4 is 0 Å². The first kappa shape index (κ1) is 12.8. The van der Waals surface area contributed by atoms with E-state index in [2.05, 4.69) is 19.1 Å². The first-order valence-corrected chi connectivity index (χ1v) is 5.70. The Morgan fingerprint density at radius 1 is 1.25 bits per heavy atom. The third-order valence-corrected chi connectivity index (χ3v) is 2.91. The van der Waals surface area contributed by atoms with Crippen molar-refractivity contribution < 1.29 is 9.53 Å². The summed E-state index contributed by atoms with van der Waals surface area (Å²) < 4.78 is 4.81. The summed E-state index contributed by atoms with van der Waals surface area (Å²) in [7, 11) is 1.43. The van der Waals surface area contributed by atoms with E-state index in [-0.39, 0.29) is 5.97 Å². The summed E-state index contributed by atoms with van der Waals surface area (Å²) in [6.45, 7) is 5.92. The normalized spacial score (nSPS) is 11.2. The lowest BCUT2D eigenvalue weighted by Gasteiger charge is -2.22. The molecule has 0 saturated heterocycles. The number of benzene rings is 1. The van der Waals surface area contributed by atoms with Gasteiger partial charge in [0.15, 0.2) is 0 Å². The minimum Gasteiger partial charge on any atom is -0.468 e. The molecule has 0 saturated carbocycles. The number of carbonyl (C=O) groups is 1. The van der Waals surface area contributed by atoms with Crippen LogP contribution in [0.1, 0.15) is 38.3 Å². The Morgan fingerprint density at radius 3 is 2.25 bits per heavy atom. The molecule has 88 valence electrons. The van der Waals surface area contributed by atoms with Gasteiger partial charge >= 0.3 is 5.97 Å². The highest BCUT2D eigenvalue weighted by Gasteiger charge is 2.30. The predicted molar refractivity (Wildman–Crippen MR) is 65.5 cm³/mol. The van der Waals surface area contributed by atoms with E-state index in [9.17, 15) is 4.79 Å². The van der Waals surface area contributed by atoms with E-state index in [1.807, 2.05) is 26.0 Å². The molecule has 16 heavy (non-hydrogen) atoms. The van der Waals surface area contributed by atoms with Crippen molar-refractivity contribution in [3.8, 4) is 0 Å². The van der Waals surface area contributed by atoms with E-state index >= 15 is 0 Å². The minimum atomic E-state index is -0.570. The quantitative estimate of drug-likeness (QED) is 0.729. The number of hydrogen-bond donors (Lipinski definition) is 0. The summed E-state index contributed by atoms with van der Waals surface area (Å²) in [5.74, 6) is -0.198. The Kier molecular flexibility index (Phi) is 4.11. The Bertz CT molecular complexity index is 350. The van der Waals surface area contributed by atoms with Crippen molar-refractivity contribution in [2.45, 2.75) is 39.0 Å². The van der Waals surface area contributed by atoms with Gasteiger partial charge in [-0.25, -0.2) is 0 Å². The molecule has 0 aromatic heterocycles. The lowest BCUT2D eigenvalue weighted by molar-refractivity contribution is -0.146. The first-order chi connectivity index (χ1) is 7.52. The minimum absolute atomic E-state index is 0.198. The second-order valence-electron chi connectivity index (χ2n) is 4.56. The van der Waals surface area contributed by atoms with Gasteiger partial charge in [-0.2, -0.15) is 0 Å². The average molecular weight is 220 g/mol. The van der Waals surface area contributed by atoms with Crippen LogP contribution >= 0.6 is 0 Å². The fraction of sp³-hybridized carbons (Fsp3) is 0.500. The molecule has 2 nitrogen and oxygen atoms in total. The molecule has 0 aliphatic carbocycles. The summed E-state index contributed by atoms with van der Waals surface area (Å²) in [4.78, 5) is 11.6. The van der Waals surface area contributed by atoms with Crippen molar-refractivity contribution in [3.63, 3.8) is 0 Å². The van der Waals surface area contributed by atoms with E-state index in [0.29, 0.717) is 0 Å². The predicted octanol–water partition coefficient (Wildman–Crippen LogP) is 3.09. The van der Waals surface area contributed by atoms with Crippen LogP contribution in [0.15, 0.2) is 24.3 Å². The van der Waals surface area contributed by atoms with Gasteiger partial charge in [0.1, 0.15) is 0 Å². The molecule has 0 fully saturated rings. The zero-order valence-corrected chi connectivity index (χ0v) is 10.5. The number of ether oxygens (including phenoxy) is 1. The summed E-state index contributed by atoms with van der Waals surface area (Å²) >= 11 is 0. The number of hydrogen-bond acceptors (Lipinski definition) is 2. The highest BCUT2D eigenvalue weighted by Crippen LogP contribution is 2.25. The fourth-order valence-electron chi connectivity index (χ4n) is 1.75. The first-order valence-electron chi connectivity index (χ1n) is 5.70. The van der Waals surface area contributed by atoms with E-state index in [4.69, 9.17) is 4.74 Å². The van der Waals surface area contributed by atoms with E-state index in [1.54, 1.807) is 0 Å². The lowest BCUT2D eigenvalue weighted by atomic mass is 9.84. The fourth-order valence-corrected chi connectivity index (χ4v) is 1.75. The standard InChI is InChI=1S/C14H20O2/c1-5-6-11-7-9-12(10-8-11)14(2,3)13(15)16-4/h7-10H,5-6H2,1-4H3. The van der Waals surface area contributed by atoms with Gasteiger partial charge in [0.2, 0.25) is 0 Å². The summed E-state index contributed by atoms with van der Waals surface area (Å²) in [5, 5.41) is 0. The third kappa shape index (κ3) is 2.63. The summed E-state index contributed by atoms with van der Waals surface area (Å²) in [5.41, 5.74) is 1.74. The van der Waals surface area contributed by atoms with Gasteiger partial charge in [-0.1, -0.05) is 37.6 Å². The molecule has 0 amide bonds. The highest BCUT2D eigenvalue weighted by atomic mass is 16.5. The Labute approximate surface area is 97.6 Å². The molecule has 0 aliphatic rings. The van der Waals surface area contributed by atoms with E-state index < -0.39 is 5.41 Å². The summed E-state index contributed by atoms with van der Waals surface area (Å²) in [6, 6.07) is 8.21. The van der Waals surface area contributed by atoms with Gasteiger partial charge in [0.05, 0.1) is 12.5 Å². The number of carbonyl (C=O) groups excluding carboxylic acids is 1. The molecule has 1 rings (SSSR count). The smallest absolute Gasteiger partial charge is 0.315 e. The van der Waals surface area contributed by atoms with Crippen LogP contribution in [-0.4, -0.2) is 13.1 Å². The van der Waals surface area contributed by atoms with Crippen molar-refractivity contribution >= 4 is 5.97 Å². The van der Waals surface area contributed by atoms with Crippen LogP contribution in [0.3, 0.4) is 0 Å². The molecular weight excluding hydrogens is 200 g/mol. The van der Waals surface area contributed by atoms with Crippen LogP contribution in [0.2, 0.25) is 0 Å². The zero-order chi connectivity index (χ0) is 12.2. The lowest BCUT2D eigenvalue weighted by Crippen LogP contribution is -2.30. The molecule has 0 spiro atoms. The van der Waals surface area contributed by atoms with Crippen LogP contribution in [0, 0.1) is 0 Å². The van der Waals surface area contributed by atoms with Gasteiger partial charge in [0.25, 0.3) is 0 Å². The van der Waals surface area contributed by atoms with Crippen molar-refractivity contribution in [1.82, 2.24) is 0 Å². The van der Waals surface area contributed by atoms with Crippen LogP contribution in [0.5, 0.6) is 0 Å². The maximum Gasteiger partial charge on any atom is 0.315 e. The van der Waals surface area contributed by atoms with Crippen LogP contribution in [0.25, 0.3) is 0 Å². The Hall–Kier alpha value is -1.31. The van der Waals surface area contributed by atoms with Gasteiger partial charge < -0.3 is 4.74 Å². The molecule has 2 heteroatoms. The molecule has 0 bridgehead atoms. The van der Waals surface area contributed by atoms with Crippen molar-refractivity contribution in [1.29, 1.82) is 0 Å². The Balaban J connectivity index is 2.92. The second-order valence-corrected chi connectivity index (χ2v) is 4.56. The molecule has 0 aliphatic heterocycles. The average Bonchev–Trinajstić information content (AvgIpc) is 2.29. The Morgan fingerprint density at radius 2 is 1.81 bits per heavy atom. The van der Waals surface area contributed by atoms with Gasteiger partial charge in [-0.05, 0) is 31.4 Å². The van der Waals surface area contributed by atoms with Crippen LogP contribution in [0.4, 0.5) is 0 Å².